The van der Waals surface area contributed by atoms with E-state index < -0.39 is 0 Å². The number of benzene rings is 2. The third-order valence-corrected chi connectivity index (χ3v) is 5.30. The van der Waals surface area contributed by atoms with Crippen LogP contribution < -0.4 is 15.0 Å². The number of carbonyl (C=O) groups excluding carboxylic acids is 4. The van der Waals surface area contributed by atoms with Crippen LogP contribution in [0.25, 0.3) is 0 Å². The molecule has 0 aromatic heterocycles. The van der Waals surface area contributed by atoms with Gasteiger partial charge in [-0.2, -0.15) is 0 Å². The zero-order valence-electron chi connectivity index (χ0n) is 17.2. The Morgan fingerprint density at radius 1 is 1.00 bits per heavy atom. The lowest BCUT2D eigenvalue weighted by Gasteiger charge is -2.29. The maximum atomic E-state index is 12.4. The molecule has 2 heterocycles. The second-order valence-electron chi connectivity index (χ2n) is 7.48. The van der Waals surface area contributed by atoms with E-state index >= 15 is 0 Å². The van der Waals surface area contributed by atoms with Crippen LogP contribution in [0.1, 0.15) is 46.9 Å². The summed E-state index contributed by atoms with van der Waals surface area (Å²) in [5, 5.41) is 2.80. The average Bonchev–Trinajstić information content (AvgIpc) is 3.01. The van der Waals surface area contributed by atoms with Crippen LogP contribution in [0.5, 0.6) is 5.75 Å². The molecule has 4 amide bonds. The Kier molecular flexibility index (Phi) is 5.70. The van der Waals surface area contributed by atoms with Gasteiger partial charge in [0.2, 0.25) is 5.91 Å². The molecular weight excluding hydrogens is 398 g/mol. The van der Waals surface area contributed by atoms with E-state index in [4.69, 9.17) is 4.74 Å². The predicted molar refractivity (Wildman–Crippen MR) is 114 cm³/mol. The maximum absolute atomic E-state index is 12.4. The molecule has 2 aromatic rings. The molecule has 0 unspecified atom stereocenters. The lowest BCUT2D eigenvalue weighted by atomic mass is 10.1. The number of hydrogen-bond donors (Lipinski definition) is 1. The van der Waals surface area contributed by atoms with Gasteiger partial charge in [0, 0.05) is 31.3 Å². The summed E-state index contributed by atoms with van der Waals surface area (Å²) in [6.45, 7) is 2.77. The van der Waals surface area contributed by atoms with E-state index in [-0.39, 0.29) is 43.2 Å². The number of carbonyl (C=O) groups is 4. The van der Waals surface area contributed by atoms with E-state index in [1.165, 1.54) is 4.90 Å². The van der Waals surface area contributed by atoms with Crippen molar-refractivity contribution >= 4 is 35.0 Å². The van der Waals surface area contributed by atoms with Gasteiger partial charge in [-0.25, -0.2) is 0 Å². The van der Waals surface area contributed by atoms with Gasteiger partial charge in [0.15, 0.2) is 6.61 Å². The Balaban J connectivity index is 1.32. The zero-order valence-corrected chi connectivity index (χ0v) is 17.2. The highest BCUT2D eigenvalue weighted by Gasteiger charge is 2.34. The molecule has 0 saturated heterocycles. The number of nitrogens with zero attached hydrogens (tertiary/aromatic N) is 2. The number of hydrogen-bond acceptors (Lipinski definition) is 5. The van der Waals surface area contributed by atoms with Gasteiger partial charge >= 0.3 is 0 Å². The SMILES string of the molecule is CCCN1C(=O)COc2cc(NC(=O)CCCN3C(=O)c4ccccc4C3=O)ccc21. The fourth-order valence-electron chi connectivity index (χ4n) is 3.81. The smallest absolute Gasteiger partial charge is 0.265 e. The molecule has 0 saturated carbocycles. The lowest BCUT2D eigenvalue weighted by molar-refractivity contribution is -0.121. The summed E-state index contributed by atoms with van der Waals surface area (Å²) in [5.41, 5.74) is 2.07. The summed E-state index contributed by atoms with van der Waals surface area (Å²) >= 11 is 0. The van der Waals surface area contributed by atoms with Crippen molar-refractivity contribution in [2.24, 2.45) is 0 Å². The Morgan fingerprint density at radius 3 is 2.39 bits per heavy atom. The fraction of sp³-hybridized carbons (Fsp3) is 0.304. The maximum Gasteiger partial charge on any atom is 0.265 e. The minimum absolute atomic E-state index is 0.0231. The number of rotatable bonds is 7. The van der Waals surface area contributed by atoms with Gasteiger partial charge in [0.05, 0.1) is 16.8 Å². The van der Waals surface area contributed by atoms with Crippen molar-refractivity contribution in [2.45, 2.75) is 26.2 Å². The van der Waals surface area contributed by atoms with Gasteiger partial charge < -0.3 is 15.0 Å². The molecule has 8 heteroatoms. The summed E-state index contributed by atoms with van der Waals surface area (Å²) in [6, 6.07) is 11.9. The average molecular weight is 421 g/mol. The quantitative estimate of drug-likeness (QED) is 0.694. The highest BCUT2D eigenvalue weighted by Crippen LogP contribution is 2.34. The molecule has 2 aliphatic rings. The summed E-state index contributed by atoms with van der Waals surface area (Å²) in [7, 11) is 0. The minimum Gasteiger partial charge on any atom is -0.481 e. The molecule has 2 aliphatic heterocycles. The van der Waals surface area contributed by atoms with Crippen molar-refractivity contribution in [1.82, 2.24) is 4.90 Å². The molecule has 0 fully saturated rings. The number of fused-ring (bicyclic) bond motifs is 2. The molecule has 8 nitrogen and oxygen atoms in total. The number of nitrogens with one attached hydrogen (secondary N) is 1. The molecule has 0 aliphatic carbocycles. The van der Waals surface area contributed by atoms with Gasteiger partial charge in [0.1, 0.15) is 5.75 Å². The lowest BCUT2D eigenvalue weighted by Crippen LogP contribution is -2.39. The predicted octanol–water partition coefficient (Wildman–Crippen LogP) is 2.84. The summed E-state index contributed by atoms with van der Waals surface area (Å²) < 4.78 is 5.51. The van der Waals surface area contributed by atoms with E-state index in [1.54, 1.807) is 47.4 Å². The van der Waals surface area contributed by atoms with Crippen LogP contribution in [0.4, 0.5) is 11.4 Å². The van der Waals surface area contributed by atoms with Gasteiger partial charge in [0.25, 0.3) is 17.7 Å². The number of amides is 4. The van der Waals surface area contributed by atoms with Crippen molar-refractivity contribution in [1.29, 1.82) is 0 Å². The van der Waals surface area contributed by atoms with Gasteiger partial charge in [-0.05, 0) is 37.1 Å². The summed E-state index contributed by atoms with van der Waals surface area (Å²) in [5.74, 6) is -0.400. The molecule has 1 N–H and O–H groups in total. The van der Waals surface area contributed by atoms with Crippen LogP contribution in [0.2, 0.25) is 0 Å². The Hall–Kier alpha value is -3.68. The van der Waals surface area contributed by atoms with Crippen molar-refractivity contribution in [2.75, 3.05) is 29.9 Å². The zero-order chi connectivity index (χ0) is 22.0. The van der Waals surface area contributed by atoms with E-state index in [0.29, 0.717) is 41.2 Å². The van der Waals surface area contributed by atoms with Gasteiger partial charge in [-0.3, -0.25) is 24.1 Å². The third kappa shape index (κ3) is 4.01. The second kappa shape index (κ2) is 8.59. The third-order valence-electron chi connectivity index (χ3n) is 5.30. The number of ether oxygens (including phenoxy) is 1. The summed E-state index contributed by atoms with van der Waals surface area (Å²) in [6.07, 6.45) is 1.35. The molecule has 0 spiro atoms. The van der Waals surface area contributed by atoms with E-state index in [2.05, 4.69) is 5.32 Å². The van der Waals surface area contributed by atoms with Crippen molar-refractivity contribution in [3.63, 3.8) is 0 Å². The van der Waals surface area contributed by atoms with Crippen LogP contribution in [0.3, 0.4) is 0 Å². The first-order valence-corrected chi connectivity index (χ1v) is 10.3. The second-order valence-corrected chi connectivity index (χ2v) is 7.48. The highest BCUT2D eigenvalue weighted by molar-refractivity contribution is 6.21. The first-order valence-electron chi connectivity index (χ1n) is 10.3. The topological polar surface area (TPSA) is 96.0 Å². The van der Waals surface area contributed by atoms with E-state index in [0.717, 1.165) is 6.42 Å². The number of imide groups is 1. The molecule has 0 radical (unpaired) electrons. The first-order chi connectivity index (χ1) is 15.0. The Morgan fingerprint density at radius 2 is 1.71 bits per heavy atom. The largest absolute Gasteiger partial charge is 0.481 e. The van der Waals surface area contributed by atoms with Gasteiger partial charge in [-0.15, -0.1) is 0 Å². The van der Waals surface area contributed by atoms with Crippen LogP contribution >= 0.6 is 0 Å². The van der Waals surface area contributed by atoms with Crippen LogP contribution in [0, 0.1) is 0 Å². The van der Waals surface area contributed by atoms with Crippen LogP contribution in [0.15, 0.2) is 42.5 Å². The van der Waals surface area contributed by atoms with Crippen molar-refractivity contribution in [3.8, 4) is 5.75 Å². The Bertz CT molecular complexity index is 1030. The van der Waals surface area contributed by atoms with Crippen LogP contribution in [-0.4, -0.2) is 48.2 Å². The summed E-state index contributed by atoms with van der Waals surface area (Å²) in [4.78, 5) is 52.0. The standard InChI is InChI=1S/C23H23N3O5/c1-2-11-25-18-10-9-15(13-19(18)31-14-21(25)28)24-20(27)8-5-12-26-22(29)16-6-3-4-7-17(16)23(26)30/h3-4,6-7,9-10,13H,2,5,8,11-12,14H2,1H3,(H,24,27). The fourth-order valence-corrected chi connectivity index (χ4v) is 3.81. The van der Waals surface area contributed by atoms with Crippen LogP contribution in [-0.2, 0) is 9.59 Å². The van der Waals surface area contributed by atoms with Crippen molar-refractivity contribution < 1.29 is 23.9 Å². The van der Waals surface area contributed by atoms with E-state index in [1.807, 2.05) is 6.92 Å². The molecule has 4 rings (SSSR count). The highest BCUT2D eigenvalue weighted by atomic mass is 16.5. The molecule has 160 valence electrons. The molecule has 31 heavy (non-hydrogen) atoms. The normalized spacial score (nSPS) is 14.9. The monoisotopic (exact) mass is 421 g/mol. The number of anilines is 2. The Labute approximate surface area is 179 Å². The first kappa shape index (κ1) is 20.6. The van der Waals surface area contributed by atoms with Gasteiger partial charge in [-0.1, -0.05) is 19.1 Å². The van der Waals surface area contributed by atoms with Crippen molar-refractivity contribution in [3.05, 3.63) is 53.6 Å². The molecule has 0 bridgehead atoms. The minimum atomic E-state index is -0.320. The van der Waals surface area contributed by atoms with E-state index in [9.17, 15) is 19.2 Å². The molecule has 0 atom stereocenters. The molecular formula is C23H23N3O5. The molecule has 2 aromatic carbocycles.